The summed E-state index contributed by atoms with van der Waals surface area (Å²) in [6.07, 6.45) is 3.68. The van der Waals surface area contributed by atoms with Crippen molar-refractivity contribution in [3.05, 3.63) is 120 Å². The van der Waals surface area contributed by atoms with Gasteiger partial charge < -0.3 is 24.0 Å². The maximum Gasteiger partial charge on any atom is 0.121 e. The van der Waals surface area contributed by atoms with Crippen LogP contribution in [0, 0.1) is 0 Å². The van der Waals surface area contributed by atoms with Gasteiger partial charge in [0.2, 0.25) is 0 Å². The maximum atomic E-state index is 5.93. The zero-order valence-corrected chi connectivity index (χ0v) is 23.9. The highest BCUT2D eigenvalue weighted by Crippen LogP contribution is 2.24. The number of pyridine rings is 2. The molecule has 2 heterocycles. The highest BCUT2D eigenvalue weighted by Gasteiger charge is 2.12. The molecule has 7 heteroatoms. The molecule has 0 radical (unpaired) electrons. The second kappa shape index (κ2) is 13.6. The van der Waals surface area contributed by atoms with Crippen LogP contribution in [0.15, 0.2) is 103 Å². The Kier molecular flexibility index (Phi) is 9.29. The summed E-state index contributed by atoms with van der Waals surface area (Å²) in [7, 11) is 5.72. The number of fused-ring (bicyclic) bond motifs is 1. The Morgan fingerprint density at radius 1 is 0.683 bits per heavy atom. The molecule has 0 bridgehead atoms. The van der Waals surface area contributed by atoms with Crippen molar-refractivity contribution in [3.8, 4) is 11.5 Å². The molecule has 3 aromatic carbocycles. The van der Waals surface area contributed by atoms with Gasteiger partial charge in [-0.2, -0.15) is 0 Å². The van der Waals surface area contributed by atoms with E-state index in [1.54, 1.807) is 7.11 Å². The number of benzene rings is 3. The Hall–Kier alpha value is -4.62. The number of hydrogen-bond acceptors (Lipinski definition) is 7. The molecular weight excluding hydrogens is 512 g/mol. The highest BCUT2D eigenvalue weighted by atomic mass is 16.5. The number of anilines is 2. The fourth-order valence-corrected chi connectivity index (χ4v) is 4.65. The largest absolute Gasteiger partial charge is 0.497 e. The van der Waals surface area contributed by atoms with E-state index < -0.39 is 0 Å². The number of ether oxygens (including phenoxy) is 3. The Bertz CT molecular complexity index is 1570. The van der Waals surface area contributed by atoms with Crippen LogP contribution in [0.4, 0.5) is 11.4 Å². The summed E-state index contributed by atoms with van der Waals surface area (Å²) >= 11 is 0. The SMILES string of the molecule is COc1cccc(CN(Cc2ccc3cccnc3c2)c2ccnc(COCCOc3cccc(N(C)C)c3)c2)c1. The number of nitrogens with zero attached hydrogens (tertiary/aromatic N) is 4. The van der Waals surface area contributed by atoms with Gasteiger partial charge in [0.1, 0.15) is 18.1 Å². The molecule has 2 aromatic heterocycles. The molecule has 0 aliphatic rings. The molecule has 0 atom stereocenters. The summed E-state index contributed by atoms with van der Waals surface area (Å²) < 4.78 is 17.3. The van der Waals surface area contributed by atoms with Crippen molar-refractivity contribution in [2.45, 2.75) is 19.7 Å². The zero-order chi connectivity index (χ0) is 28.4. The normalized spacial score (nSPS) is 10.9. The van der Waals surface area contributed by atoms with E-state index >= 15 is 0 Å². The van der Waals surface area contributed by atoms with Gasteiger partial charge in [0.05, 0.1) is 31.5 Å². The smallest absolute Gasteiger partial charge is 0.121 e. The zero-order valence-electron chi connectivity index (χ0n) is 23.9. The van der Waals surface area contributed by atoms with E-state index in [0.29, 0.717) is 32.9 Å². The third kappa shape index (κ3) is 7.74. The molecule has 0 spiro atoms. The van der Waals surface area contributed by atoms with Crippen molar-refractivity contribution < 1.29 is 14.2 Å². The van der Waals surface area contributed by atoms with E-state index in [0.717, 1.165) is 45.0 Å². The van der Waals surface area contributed by atoms with Crippen molar-refractivity contribution >= 4 is 22.3 Å². The first-order valence-electron chi connectivity index (χ1n) is 13.7. The van der Waals surface area contributed by atoms with Gasteiger partial charge in [0.25, 0.3) is 0 Å². The molecule has 0 amide bonds. The predicted octanol–water partition coefficient (Wildman–Crippen LogP) is 6.51. The molecule has 0 unspecified atom stereocenters. The van der Waals surface area contributed by atoms with Crippen LogP contribution in [0.25, 0.3) is 10.9 Å². The summed E-state index contributed by atoms with van der Waals surface area (Å²) in [4.78, 5) is 13.5. The van der Waals surface area contributed by atoms with Gasteiger partial charge in [-0.25, -0.2) is 0 Å². The highest BCUT2D eigenvalue weighted by molar-refractivity contribution is 5.79. The number of hydrogen-bond donors (Lipinski definition) is 0. The average molecular weight is 549 g/mol. The van der Waals surface area contributed by atoms with Crippen LogP contribution in [-0.4, -0.2) is 44.4 Å². The molecule has 0 N–H and O–H groups in total. The number of aromatic nitrogens is 2. The lowest BCUT2D eigenvalue weighted by molar-refractivity contribution is 0.0870. The lowest BCUT2D eigenvalue weighted by atomic mass is 10.1. The quantitative estimate of drug-likeness (QED) is 0.156. The first-order valence-corrected chi connectivity index (χ1v) is 13.7. The topological polar surface area (TPSA) is 60.0 Å². The average Bonchev–Trinajstić information content (AvgIpc) is 3.01. The molecule has 5 rings (SSSR count). The van der Waals surface area contributed by atoms with Gasteiger partial charge in [0, 0.05) is 62.4 Å². The summed E-state index contributed by atoms with van der Waals surface area (Å²) in [6.45, 7) is 2.77. The van der Waals surface area contributed by atoms with Crippen molar-refractivity contribution in [1.82, 2.24) is 9.97 Å². The summed E-state index contributed by atoms with van der Waals surface area (Å²) in [5, 5.41) is 1.13. The van der Waals surface area contributed by atoms with E-state index in [4.69, 9.17) is 14.2 Å². The first-order chi connectivity index (χ1) is 20.1. The van der Waals surface area contributed by atoms with Crippen LogP contribution < -0.4 is 19.3 Å². The molecule has 41 heavy (non-hydrogen) atoms. The summed E-state index contributed by atoms with van der Waals surface area (Å²) in [6, 6.07) is 30.9. The minimum atomic E-state index is 0.405. The molecular formula is C34H36N4O3. The maximum absolute atomic E-state index is 5.93. The lowest BCUT2D eigenvalue weighted by Crippen LogP contribution is -2.22. The van der Waals surface area contributed by atoms with Gasteiger partial charge in [-0.1, -0.05) is 36.4 Å². The van der Waals surface area contributed by atoms with E-state index in [1.165, 1.54) is 5.56 Å². The molecule has 5 aromatic rings. The van der Waals surface area contributed by atoms with E-state index in [9.17, 15) is 0 Å². The predicted molar refractivity (Wildman–Crippen MR) is 165 cm³/mol. The van der Waals surface area contributed by atoms with Crippen LogP contribution in [0.5, 0.6) is 11.5 Å². The van der Waals surface area contributed by atoms with Gasteiger partial charge >= 0.3 is 0 Å². The van der Waals surface area contributed by atoms with Crippen molar-refractivity contribution in [2.75, 3.05) is 44.2 Å². The fraction of sp³-hybridized carbons (Fsp3) is 0.235. The molecule has 7 nitrogen and oxygen atoms in total. The molecule has 0 saturated heterocycles. The van der Waals surface area contributed by atoms with Crippen LogP contribution >= 0.6 is 0 Å². The standard InChI is InChI=1S/C34H36N4O3/c1-37(2)30-9-5-11-33(22-30)41-18-17-40-25-29-21-31(14-16-35-29)38(23-26-7-4-10-32(19-26)39-3)24-27-12-13-28-8-6-15-36-34(28)20-27/h4-16,19-22H,17-18,23-25H2,1-3H3. The van der Waals surface area contributed by atoms with Gasteiger partial charge in [0.15, 0.2) is 0 Å². The number of rotatable bonds is 13. The Labute approximate surface area is 242 Å². The van der Waals surface area contributed by atoms with Crippen LogP contribution in [0.1, 0.15) is 16.8 Å². The minimum absolute atomic E-state index is 0.405. The third-order valence-electron chi connectivity index (χ3n) is 6.80. The molecule has 210 valence electrons. The van der Waals surface area contributed by atoms with Crippen LogP contribution in [-0.2, 0) is 24.4 Å². The van der Waals surface area contributed by atoms with E-state index in [1.807, 2.05) is 69.0 Å². The summed E-state index contributed by atoms with van der Waals surface area (Å²) in [5.41, 5.74) is 6.37. The summed E-state index contributed by atoms with van der Waals surface area (Å²) in [5.74, 6) is 1.67. The van der Waals surface area contributed by atoms with Crippen molar-refractivity contribution in [3.63, 3.8) is 0 Å². The molecule has 0 saturated carbocycles. The molecule has 0 aliphatic carbocycles. The van der Waals surface area contributed by atoms with Crippen molar-refractivity contribution in [2.24, 2.45) is 0 Å². The second-order valence-corrected chi connectivity index (χ2v) is 10.0. The number of methoxy groups -OCH3 is 1. The van der Waals surface area contributed by atoms with Crippen LogP contribution in [0.3, 0.4) is 0 Å². The third-order valence-corrected chi connectivity index (χ3v) is 6.80. The molecule has 0 aliphatic heterocycles. The van der Waals surface area contributed by atoms with Gasteiger partial charge in [-0.05, 0) is 59.7 Å². The van der Waals surface area contributed by atoms with Crippen LogP contribution in [0.2, 0.25) is 0 Å². The van der Waals surface area contributed by atoms with E-state index in [2.05, 4.69) is 68.3 Å². The molecule has 0 fully saturated rings. The minimum Gasteiger partial charge on any atom is -0.497 e. The van der Waals surface area contributed by atoms with Gasteiger partial charge in [-0.3, -0.25) is 9.97 Å². The first kappa shape index (κ1) is 27.9. The lowest BCUT2D eigenvalue weighted by Gasteiger charge is -2.26. The Morgan fingerprint density at radius 2 is 1.51 bits per heavy atom. The van der Waals surface area contributed by atoms with Crippen molar-refractivity contribution in [1.29, 1.82) is 0 Å². The fourth-order valence-electron chi connectivity index (χ4n) is 4.65. The Balaban J connectivity index is 1.26. The van der Waals surface area contributed by atoms with E-state index in [-0.39, 0.29) is 0 Å². The van der Waals surface area contributed by atoms with Gasteiger partial charge in [-0.15, -0.1) is 0 Å². The second-order valence-electron chi connectivity index (χ2n) is 10.0. The monoisotopic (exact) mass is 548 g/mol. The Morgan fingerprint density at radius 3 is 2.37 bits per heavy atom.